The van der Waals surface area contributed by atoms with Crippen LogP contribution < -0.4 is 15.0 Å². The van der Waals surface area contributed by atoms with Crippen LogP contribution in [0.3, 0.4) is 0 Å². The highest BCUT2D eigenvalue weighted by atomic mass is 35.5. The van der Waals surface area contributed by atoms with Crippen molar-refractivity contribution in [2.75, 3.05) is 29.2 Å². The zero-order valence-corrected chi connectivity index (χ0v) is 16.8. The second-order valence-corrected chi connectivity index (χ2v) is 7.23. The maximum absolute atomic E-state index is 9.91. The maximum atomic E-state index is 9.91. The number of alkyl halides is 1. The minimum atomic E-state index is 0.258. The van der Waals surface area contributed by atoms with Crippen molar-refractivity contribution >= 4 is 34.7 Å². The van der Waals surface area contributed by atoms with E-state index >= 15 is 0 Å². The molecule has 0 atom stereocenters. The van der Waals surface area contributed by atoms with E-state index in [2.05, 4.69) is 20.2 Å². The van der Waals surface area contributed by atoms with Crippen LogP contribution in [-0.2, 0) is 6.42 Å². The summed E-state index contributed by atoms with van der Waals surface area (Å²) in [5, 5.41) is 13.2. The summed E-state index contributed by atoms with van der Waals surface area (Å²) in [7, 11) is 0. The molecule has 4 rings (SSSR count). The van der Waals surface area contributed by atoms with Crippen molar-refractivity contribution in [1.29, 1.82) is 0 Å². The molecule has 2 heterocycles. The summed E-state index contributed by atoms with van der Waals surface area (Å²) in [5.74, 6) is 2.91. The molecule has 1 aromatic heterocycles. The fraction of sp³-hybridized carbons (Fsp3) is 0.273. The van der Waals surface area contributed by atoms with Gasteiger partial charge in [0.1, 0.15) is 17.3 Å². The fourth-order valence-electron chi connectivity index (χ4n) is 3.40. The summed E-state index contributed by atoms with van der Waals surface area (Å²) in [6.45, 7) is 1.43. The Labute approximate surface area is 175 Å². The molecule has 7 heteroatoms. The number of halogens is 1. The van der Waals surface area contributed by atoms with Crippen LogP contribution in [0.15, 0.2) is 54.7 Å². The molecule has 0 unspecified atom stereocenters. The molecule has 150 valence electrons. The molecule has 0 saturated heterocycles. The van der Waals surface area contributed by atoms with Crippen molar-refractivity contribution in [2.24, 2.45) is 0 Å². The Morgan fingerprint density at radius 2 is 2.10 bits per heavy atom. The molecule has 2 N–H and O–H groups in total. The van der Waals surface area contributed by atoms with Gasteiger partial charge in [-0.05, 0) is 49.1 Å². The predicted octanol–water partition coefficient (Wildman–Crippen LogP) is 5.02. The van der Waals surface area contributed by atoms with Crippen LogP contribution in [0.5, 0.6) is 11.5 Å². The Morgan fingerprint density at radius 1 is 1.17 bits per heavy atom. The lowest BCUT2D eigenvalue weighted by molar-refractivity contribution is 0.318. The van der Waals surface area contributed by atoms with Crippen molar-refractivity contribution in [1.82, 2.24) is 9.97 Å². The van der Waals surface area contributed by atoms with E-state index in [0.717, 1.165) is 48.7 Å². The second-order valence-electron chi connectivity index (χ2n) is 6.85. The number of phenols is 1. The number of aryl methyl sites for hydroxylation is 1. The number of nitrogens with one attached hydrogen (secondary N) is 1. The van der Waals surface area contributed by atoms with Gasteiger partial charge in [0.05, 0.1) is 6.61 Å². The van der Waals surface area contributed by atoms with Gasteiger partial charge in [-0.25, -0.2) is 4.98 Å². The molecule has 0 radical (unpaired) electrons. The van der Waals surface area contributed by atoms with Crippen molar-refractivity contribution in [3.8, 4) is 11.5 Å². The molecule has 3 aromatic rings. The van der Waals surface area contributed by atoms with Crippen LogP contribution in [0, 0.1) is 0 Å². The Balaban J connectivity index is 1.53. The first-order chi connectivity index (χ1) is 14.2. The Kier molecular flexibility index (Phi) is 6.00. The largest absolute Gasteiger partial charge is 0.508 e. The normalized spacial score (nSPS) is 13.1. The molecule has 0 fully saturated rings. The average Bonchev–Trinajstić information content (AvgIpc) is 2.74. The highest BCUT2D eigenvalue weighted by Crippen LogP contribution is 2.35. The number of aromatic nitrogens is 2. The van der Waals surface area contributed by atoms with Gasteiger partial charge >= 0.3 is 0 Å². The number of aromatic hydroxyl groups is 1. The quantitative estimate of drug-likeness (QED) is 0.421. The van der Waals surface area contributed by atoms with Crippen LogP contribution in [0.2, 0.25) is 0 Å². The van der Waals surface area contributed by atoms with Gasteiger partial charge < -0.3 is 20.1 Å². The zero-order chi connectivity index (χ0) is 20.1. The first-order valence-corrected chi connectivity index (χ1v) is 10.2. The number of anilines is 4. The van der Waals surface area contributed by atoms with Crippen LogP contribution in [0.1, 0.15) is 18.4 Å². The fourth-order valence-corrected chi connectivity index (χ4v) is 3.51. The number of hydrogen-bond donors (Lipinski definition) is 2. The first-order valence-electron chi connectivity index (χ1n) is 9.71. The van der Waals surface area contributed by atoms with Crippen LogP contribution in [0.4, 0.5) is 23.1 Å². The van der Waals surface area contributed by atoms with Crippen LogP contribution in [0.25, 0.3) is 0 Å². The number of fused-ring (bicyclic) bond motifs is 1. The third-order valence-electron chi connectivity index (χ3n) is 4.74. The summed E-state index contributed by atoms with van der Waals surface area (Å²) in [5.41, 5.74) is 3.06. The van der Waals surface area contributed by atoms with E-state index < -0.39 is 0 Å². The summed E-state index contributed by atoms with van der Waals surface area (Å²) in [4.78, 5) is 11.2. The first kappa shape index (κ1) is 19.3. The monoisotopic (exact) mass is 410 g/mol. The van der Waals surface area contributed by atoms with Gasteiger partial charge in [-0.1, -0.05) is 12.1 Å². The molecule has 1 aliphatic heterocycles. The van der Waals surface area contributed by atoms with Crippen LogP contribution in [-0.4, -0.2) is 34.1 Å². The predicted molar refractivity (Wildman–Crippen MR) is 116 cm³/mol. The third-order valence-corrected chi connectivity index (χ3v) is 5.01. The molecule has 29 heavy (non-hydrogen) atoms. The van der Waals surface area contributed by atoms with Crippen molar-refractivity contribution in [2.45, 2.75) is 19.3 Å². The van der Waals surface area contributed by atoms with Gasteiger partial charge in [0.2, 0.25) is 5.95 Å². The number of benzene rings is 2. The van der Waals surface area contributed by atoms with Gasteiger partial charge in [0.15, 0.2) is 0 Å². The topological polar surface area (TPSA) is 70.5 Å². The van der Waals surface area contributed by atoms with Crippen molar-refractivity contribution < 1.29 is 9.84 Å². The Hall–Kier alpha value is -2.99. The van der Waals surface area contributed by atoms with Gasteiger partial charge in [-0.2, -0.15) is 4.98 Å². The van der Waals surface area contributed by atoms with Crippen molar-refractivity contribution in [3.63, 3.8) is 0 Å². The SMILES string of the molecule is Oc1ccc2c(c1)N(c1ccnc(Nc3cccc(OCCCCl)c3)n1)CCC2. The molecule has 0 aliphatic carbocycles. The van der Waals surface area contributed by atoms with E-state index in [1.165, 1.54) is 5.56 Å². The molecule has 0 amide bonds. The van der Waals surface area contributed by atoms with Crippen molar-refractivity contribution in [3.05, 3.63) is 60.3 Å². The maximum Gasteiger partial charge on any atom is 0.229 e. The molecular weight excluding hydrogens is 388 g/mol. The molecule has 1 aliphatic rings. The smallest absolute Gasteiger partial charge is 0.229 e. The van der Waals surface area contributed by atoms with Gasteiger partial charge in [0, 0.05) is 42.1 Å². The molecule has 0 bridgehead atoms. The number of phenolic OH excluding ortho intramolecular Hbond substituents is 1. The van der Waals surface area contributed by atoms with E-state index in [9.17, 15) is 5.11 Å². The number of rotatable bonds is 7. The highest BCUT2D eigenvalue weighted by Gasteiger charge is 2.20. The molecule has 0 saturated carbocycles. The lowest BCUT2D eigenvalue weighted by Crippen LogP contribution is -2.25. The summed E-state index contributed by atoms with van der Waals surface area (Å²) >= 11 is 5.70. The summed E-state index contributed by atoms with van der Waals surface area (Å²) in [6, 6.07) is 15.1. The molecule has 2 aromatic carbocycles. The lowest BCUT2D eigenvalue weighted by Gasteiger charge is -2.30. The number of ether oxygens (including phenoxy) is 1. The van der Waals surface area contributed by atoms with E-state index in [4.69, 9.17) is 16.3 Å². The summed E-state index contributed by atoms with van der Waals surface area (Å²) in [6.07, 6.45) is 4.57. The van der Waals surface area contributed by atoms with E-state index in [-0.39, 0.29) is 5.75 Å². The van der Waals surface area contributed by atoms with E-state index in [1.807, 2.05) is 36.4 Å². The van der Waals surface area contributed by atoms with Gasteiger partial charge in [-0.3, -0.25) is 0 Å². The average molecular weight is 411 g/mol. The molecule has 0 spiro atoms. The minimum Gasteiger partial charge on any atom is -0.508 e. The number of hydrogen-bond acceptors (Lipinski definition) is 6. The Morgan fingerprint density at radius 3 is 3.00 bits per heavy atom. The van der Waals surface area contributed by atoms with E-state index in [0.29, 0.717) is 18.4 Å². The Bertz CT molecular complexity index is 983. The lowest BCUT2D eigenvalue weighted by atomic mass is 10.0. The standard InChI is InChI=1S/C22H23ClN4O2/c23-10-3-13-29-19-6-1-5-17(14-19)25-22-24-11-9-21(26-22)27-12-2-4-16-7-8-18(28)15-20(16)27/h1,5-9,11,14-15,28H,2-4,10,12-13H2,(H,24,25,26). The molecule has 6 nitrogen and oxygen atoms in total. The van der Waals surface area contributed by atoms with E-state index in [1.54, 1.807) is 18.3 Å². The zero-order valence-electron chi connectivity index (χ0n) is 16.0. The minimum absolute atomic E-state index is 0.258. The van der Waals surface area contributed by atoms with Gasteiger partial charge in [-0.15, -0.1) is 11.6 Å². The number of nitrogens with zero attached hydrogens (tertiary/aromatic N) is 3. The highest BCUT2D eigenvalue weighted by molar-refractivity contribution is 6.17. The third kappa shape index (κ3) is 4.71. The van der Waals surface area contributed by atoms with Gasteiger partial charge in [0.25, 0.3) is 0 Å². The van der Waals surface area contributed by atoms with Crippen LogP contribution >= 0.6 is 11.6 Å². The summed E-state index contributed by atoms with van der Waals surface area (Å²) < 4.78 is 5.70. The second kappa shape index (κ2) is 9.01. The molecular formula is C22H23ClN4O2.